The number of hydrogen-bond donors (Lipinski definition) is 0. The van der Waals surface area contributed by atoms with Gasteiger partial charge in [0.05, 0.1) is 19.6 Å². The van der Waals surface area contributed by atoms with E-state index in [4.69, 9.17) is 21.1 Å². The van der Waals surface area contributed by atoms with Gasteiger partial charge in [-0.1, -0.05) is 41.9 Å². The Kier molecular flexibility index (Phi) is 8.84. The van der Waals surface area contributed by atoms with Crippen LogP contribution in [0.4, 0.5) is 0 Å². The van der Waals surface area contributed by atoms with Crippen LogP contribution in [0.2, 0.25) is 5.02 Å². The maximum atomic E-state index is 13.3. The van der Waals surface area contributed by atoms with Crippen LogP contribution in [0, 0.1) is 6.92 Å². The molecule has 1 unspecified atom stereocenters. The molecule has 0 bridgehead atoms. The number of carbonyl (C=O) groups excluding carboxylic acids is 2. The number of aromatic nitrogens is 2. The fraction of sp³-hybridized carbons (Fsp3) is 0.393. The van der Waals surface area contributed by atoms with Crippen LogP contribution in [-0.2, 0) is 27.4 Å². The van der Waals surface area contributed by atoms with Crippen LogP contribution in [-0.4, -0.2) is 70.1 Å². The van der Waals surface area contributed by atoms with Crippen LogP contribution in [0.15, 0.2) is 67.0 Å². The second kappa shape index (κ2) is 12.3. The molecule has 9 heteroatoms. The third kappa shape index (κ3) is 7.33. The number of hydrogen-bond acceptors (Lipinski definition) is 5. The van der Waals surface area contributed by atoms with Gasteiger partial charge in [-0.2, -0.15) is 0 Å². The van der Waals surface area contributed by atoms with E-state index < -0.39 is 5.60 Å². The van der Waals surface area contributed by atoms with Gasteiger partial charge in [0.1, 0.15) is 23.8 Å². The Labute approximate surface area is 222 Å². The first-order valence-corrected chi connectivity index (χ1v) is 12.8. The molecule has 1 saturated heterocycles. The highest BCUT2D eigenvalue weighted by atomic mass is 35.5. The summed E-state index contributed by atoms with van der Waals surface area (Å²) in [6.07, 6.45) is 4.03. The predicted molar refractivity (Wildman–Crippen MR) is 141 cm³/mol. The molecule has 3 aromatic rings. The average molecular weight is 525 g/mol. The summed E-state index contributed by atoms with van der Waals surface area (Å²) in [6, 6.07) is 16.9. The SMILES string of the molecule is Cc1nccn1CCC(=O)N1CCOC(COc2ccc(Cl)cc2)(CC(=O)N(C)Cc2ccccc2)C1. The summed E-state index contributed by atoms with van der Waals surface area (Å²) in [4.78, 5) is 34.2. The molecule has 0 spiro atoms. The minimum atomic E-state index is -0.972. The lowest BCUT2D eigenvalue weighted by Crippen LogP contribution is -2.58. The average Bonchev–Trinajstić information content (AvgIpc) is 3.32. The van der Waals surface area contributed by atoms with Crippen LogP contribution >= 0.6 is 11.6 Å². The van der Waals surface area contributed by atoms with E-state index in [1.807, 2.05) is 48.0 Å². The van der Waals surface area contributed by atoms with Gasteiger partial charge < -0.3 is 23.8 Å². The number of aryl methyl sites for hydroxylation is 2. The van der Waals surface area contributed by atoms with Gasteiger partial charge in [-0.3, -0.25) is 9.59 Å². The second-order valence-electron chi connectivity index (χ2n) is 9.42. The zero-order chi connectivity index (χ0) is 26.3. The molecule has 1 aromatic heterocycles. The molecule has 8 nitrogen and oxygen atoms in total. The van der Waals surface area contributed by atoms with Crippen LogP contribution < -0.4 is 4.74 Å². The topological polar surface area (TPSA) is 76.9 Å². The summed E-state index contributed by atoms with van der Waals surface area (Å²) in [7, 11) is 1.78. The number of amides is 2. The number of rotatable bonds is 10. The van der Waals surface area contributed by atoms with Crippen molar-refractivity contribution in [1.82, 2.24) is 19.4 Å². The highest BCUT2D eigenvalue weighted by Gasteiger charge is 2.42. The number of carbonyl (C=O) groups is 2. The summed E-state index contributed by atoms with van der Waals surface area (Å²) >= 11 is 6.01. The van der Waals surface area contributed by atoms with Crippen molar-refractivity contribution in [3.63, 3.8) is 0 Å². The molecule has 196 valence electrons. The number of imidazole rings is 1. The number of ether oxygens (including phenoxy) is 2. The fourth-order valence-electron chi connectivity index (χ4n) is 4.42. The quantitative estimate of drug-likeness (QED) is 0.401. The molecule has 0 aliphatic carbocycles. The minimum Gasteiger partial charge on any atom is -0.490 e. The highest BCUT2D eigenvalue weighted by molar-refractivity contribution is 6.30. The van der Waals surface area contributed by atoms with E-state index in [2.05, 4.69) is 4.98 Å². The summed E-state index contributed by atoms with van der Waals surface area (Å²) in [6.45, 7) is 4.15. The van der Waals surface area contributed by atoms with Crippen LogP contribution in [0.25, 0.3) is 0 Å². The minimum absolute atomic E-state index is 0.0114. The molecule has 2 aromatic carbocycles. The largest absolute Gasteiger partial charge is 0.490 e. The van der Waals surface area contributed by atoms with E-state index in [0.717, 1.165) is 11.4 Å². The number of halogens is 1. The van der Waals surface area contributed by atoms with Crippen molar-refractivity contribution in [2.24, 2.45) is 0 Å². The Morgan fingerprint density at radius 1 is 1.16 bits per heavy atom. The summed E-state index contributed by atoms with van der Waals surface area (Å²) in [5.74, 6) is 1.42. The standard InChI is InChI=1S/C28H33ClN4O4/c1-22-30-13-15-32(22)14-12-26(34)33-16-17-37-28(20-33,21-36-25-10-8-24(29)9-11-25)18-27(35)31(2)19-23-6-4-3-5-7-23/h3-11,13,15H,12,14,16-21H2,1-2H3. The van der Waals surface area contributed by atoms with Gasteiger partial charge in [0.15, 0.2) is 0 Å². The molecule has 37 heavy (non-hydrogen) atoms. The van der Waals surface area contributed by atoms with E-state index in [1.54, 1.807) is 47.3 Å². The van der Waals surface area contributed by atoms with E-state index in [9.17, 15) is 9.59 Å². The van der Waals surface area contributed by atoms with Crippen molar-refractivity contribution in [2.45, 2.75) is 38.5 Å². The molecule has 4 rings (SSSR count). The molecule has 2 amide bonds. The normalized spacial score (nSPS) is 17.4. The third-order valence-electron chi connectivity index (χ3n) is 6.57. The van der Waals surface area contributed by atoms with Crippen molar-refractivity contribution in [2.75, 3.05) is 33.4 Å². The second-order valence-corrected chi connectivity index (χ2v) is 9.86. The number of nitrogens with zero attached hydrogens (tertiary/aromatic N) is 4. The predicted octanol–water partition coefficient (Wildman–Crippen LogP) is 3.96. The molecule has 0 saturated carbocycles. The smallest absolute Gasteiger partial charge is 0.225 e. The maximum absolute atomic E-state index is 13.3. The van der Waals surface area contributed by atoms with Gasteiger partial charge in [0.2, 0.25) is 11.8 Å². The Morgan fingerprint density at radius 3 is 2.62 bits per heavy atom. The zero-order valence-corrected chi connectivity index (χ0v) is 22.1. The lowest BCUT2D eigenvalue weighted by Gasteiger charge is -2.42. The van der Waals surface area contributed by atoms with Crippen molar-refractivity contribution >= 4 is 23.4 Å². The Morgan fingerprint density at radius 2 is 1.92 bits per heavy atom. The van der Waals surface area contributed by atoms with Gasteiger partial charge >= 0.3 is 0 Å². The molecule has 1 atom stereocenters. The van der Waals surface area contributed by atoms with Crippen molar-refractivity contribution < 1.29 is 19.1 Å². The molecule has 1 aliphatic heterocycles. The monoisotopic (exact) mass is 524 g/mol. The Bertz CT molecular complexity index is 1180. The number of morpholine rings is 1. The molecule has 0 N–H and O–H groups in total. The Balaban J connectivity index is 1.46. The lowest BCUT2D eigenvalue weighted by molar-refractivity contribution is -0.165. The lowest BCUT2D eigenvalue weighted by atomic mass is 9.96. The van der Waals surface area contributed by atoms with E-state index >= 15 is 0 Å². The first kappa shape index (κ1) is 26.7. The van der Waals surface area contributed by atoms with Gasteiger partial charge in [-0.25, -0.2) is 4.98 Å². The third-order valence-corrected chi connectivity index (χ3v) is 6.82. The van der Waals surface area contributed by atoms with Crippen LogP contribution in [0.1, 0.15) is 24.2 Å². The summed E-state index contributed by atoms with van der Waals surface area (Å²) in [5, 5.41) is 0.610. The molecule has 1 aliphatic rings. The first-order valence-electron chi connectivity index (χ1n) is 12.4. The van der Waals surface area contributed by atoms with Gasteiger partial charge in [-0.15, -0.1) is 0 Å². The zero-order valence-electron chi connectivity index (χ0n) is 21.3. The van der Waals surface area contributed by atoms with E-state index in [1.165, 1.54) is 0 Å². The molecular formula is C28H33ClN4O4. The fourth-order valence-corrected chi connectivity index (χ4v) is 4.54. The van der Waals surface area contributed by atoms with Gasteiger partial charge in [-0.05, 0) is 36.8 Å². The first-order chi connectivity index (χ1) is 17.8. The molecular weight excluding hydrogens is 492 g/mol. The highest BCUT2D eigenvalue weighted by Crippen LogP contribution is 2.27. The summed E-state index contributed by atoms with van der Waals surface area (Å²) < 4.78 is 14.2. The van der Waals surface area contributed by atoms with E-state index in [-0.39, 0.29) is 31.4 Å². The van der Waals surface area contributed by atoms with Crippen LogP contribution in [0.3, 0.4) is 0 Å². The molecule has 0 radical (unpaired) electrons. The van der Waals surface area contributed by atoms with Crippen LogP contribution in [0.5, 0.6) is 5.75 Å². The number of benzene rings is 2. The van der Waals surface area contributed by atoms with E-state index in [0.29, 0.717) is 43.4 Å². The summed E-state index contributed by atoms with van der Waals surface area (Å²) in [5.41, 5.74) is 0.0708. The van der Waals surface area contributed by atoms with Crippen molar-refractivity contribution in [1.29, 1.82) is 0 Å². The van der Waals surface area contributed by atoms with Crippen molar-refractivity contribution in [3.8, 4) is 5.75 Å². The van der Waals surface area contributed by atoms with Gasteiger partial charge in [0.25, 0.3) is 0 Å². The Hall–Kier alpha value is -3.36. The molecule has 1 fully saturated rings. The van der Waals surface area contributed by atoms with Crippen molar-refractivity contribution in [3.05, 3.63) is 83.4 Å². The van der Waals surface area contributed by atoms with Gasteiger partial charge in [0, 0.05) is 50.5 Å². The molecule has 2 heterocycles. The maximum Gasteiger partial charge on any atom is 0.225 e.